The van der Waals surface area contributed by atoms with Crippen molar-refractivity contribution in [3.63, 3.8) is 0 Å². The van der Waals surface area contributed by atoms with Crippen LogP contribution in [0.5, 0.6) is 0 Å². The second-order valence-electron chi connectivity index (χ2n) is 6.13. The van der Waals surface area contributed by atoms with Gasteiger partial charge in [-0.2, -0.15) is 0 Å². The van der Waals surface area contributed by atoms with Gasteiger partial charge in [-0.05, 0) is 25.0 Å². The van der Waals surface area contributed by atoms with Crippen LogP contribution >= 0.6 is 11.8 Å². The molecule has 2 aromatic rings. The number of rotatable bonds is 5. The van der Waals surface area contributed by atoms with E-state index >= 15 is 0 Å². The number of carbonyl (C=O) groups is 2. The first-order valence-corrected chi connectivity index (χ1v) is 9.11. The number of hydrogen-bond donors (Lipinski definition) is 0. The molecule has 1 saturated heterocycles. The largest absolute Gasteiger partial charge is 0.348 e. The minimum atomic E-state index is 0.0319. The maximum absolute atomic E-state index is 12.5. The Bertz CT molecular complexity index is 750. The van der Waals surface area contributed by atoms with E-state index in [1.165, 1.54) is 11.8 Å². The number of thioether (sulfide) groups is 1. The molecule has 0 saturated carbocycles. The van der Waals surface area contributed by atoms with E-state index in [1.54, 1.807) is 19.0 Å². The Morgan fingerprint density at radius 2 is 1.92 bits per heavy atom. The summed E-state index contributed by atoms with van der Waals surface area (Å²) in [6.45, 7) is 1.96. The minimum Gasteiger partial charge on any atom is -0.348 e. The summed E-state index contributed by atoms with van der Waals surface area (Å²) < 4.78 is 1.93. The van der Waals surface area contributed by atoms with Gasteiger partial charge in [0.2, 0.25) is 11.8 Å². The number of hydrogen-bond acceptors (Lipinski definition) is 4. The molecule has 0 spiro atoms. The average Bonchev–Trinajstić information content (AvgIpc) is 3.21. The molecule has 1 aromatic heterocycles. The van der Waals surface area contributed by atoms with Crippen LogP contribution in [0.15, 0.2) is 29.4 Å². The molecule has 128 valence electrons. The van der Waals surface area contributed by atoms with E-state index < -0.39 is 0 Å². The molecule has 1 fully saturated rings. The van der Waals surface area contributed by atoms with Gasteiger partial charge in [0, 0.05) is 27.2 Å². The summed E-state index contributed by atoms with van der Waals surface area (Å²) in [5.41, 5.74) is 1.79. The van der Waals surface area contributed by atoms with Gasteiger partial charge in [0.05, 0.1) is 16.8 Å². The van der Waals surface area contributed by atoms with Crippen molar-refractivity contribution in [3.8, 4) is 0 Å². The fourth-order valence-corrected chi connectivity index (χ4v) is 3.77. The van der Waals surface area contributed by atoms with Crippen LogP contribution in [0.2, 0.25) is 0 Å². The van der Waals surface area contributed by atoms with Crippen LogP contribution in [0.3, 0.4) is 0 Å². The highest BCUT2D eigenvalue weighted by atomic mass is 32.2. The topological polar surface area (TPSA) is 58.4 Å². The predicted octanol–water partition coefficient (Wildman–Crippen LogP) is 1.84. The molecule has 0 aliphatic carbocycles. The number of aromatic nitrogens is 2. The zero-order valence-electron chi connectivity index (χ0n) is 14.1. The Kier molecular flexibility index (Phi) is 5.08. The number of amides is 2. The molecule has 1 aliphatic rings. The standard InChI is InChI=1S/C17H22N4O2S/c1-19(2)16(23)12-24-17-18-13-7-3-4-8-14(13)21(17)11-15(22)20-9-5-6-10-20/h3-4,7-8H,5-6,9-12H2,1-2H3. The molecule has 0 atom stereocenters. The monoisotopic (exact) mass is 346 g/mol. The quantitative estimate of drug-likeness (QED) is 0.775. The van der Waals surface area contributed by atoms with Crippen molar-refractivity contribution in [1.29, 1.82) is 0 Å². The highest BCUT2D eigenvalue weighted by molar-refractivity contribution is 7.99. The molecule has 7 heteroatoms. The SMILES string of the molecule is CN(C)C(=O)CSc1nc2ccccc2n1CC(=O)N1CCCC1. The van der Waals surface area contributed by atoms with Gasteiger partial charge in [0.15, 0.2) is 5.16 Å². The van der Waals surface area contributed by atoms with Gasteiger partial charge in [-0.3, -0.25) is 9.59 Å². The number of fused-ring (bicyclic) bond motifs is 1. The van der Waals surface area contributed by atoms with E-state index in [4.69, 9.17) is 0 Å². The molecular formula is C17H22N4O2S. The third-order valence-electron chi connectivity index (χ3n) is 4.20. The maximum atomic E-state index is 12.5. The third-order valence-corrected chi connectivity index (χ3v) is 5.16. The minimum absolute atomic E-state index is 0.0319. The van der Waals surface area contributed by atoms with Crippen LogP contribution in [-0.2, 0) is 16.1 Å². The molecule has 3 rings (SSSR count). The summed E-state index contributed by atoms with van der Waals surface area (Å²) in [6, 6.07) is 7.78. The summed E-state index contributed by atoms with van der Waals surface area (Å²) in [6.07, 6.45) is 2.16. The first-order chi connectivity index (χ1) is 11.6. The van der Waals surface area contributed by atoms with Crippen molar-refractivity contribution in [2.75, 3.05) is 32.9 Å². The smallest absolute Gasteiger partial charge is 0.242 e. The van der Waals surface area contributed by atoms with Crippen LogP contribution < -0.4 is 0 Å². The Morgan fingerprint density at radius 3 is 2.62 bits per heavy atom. The molecule has 0 N–H and O–H groups in total. The molecular weight excluding hydrogens is 324 g/mol. The van der Waals surface area contributed by atoms with Gasteiger partial charge >= 0.3 is 0 Å². The van der Waals surface area contributed by atoms with Crippen LogP contribution in [0.25, 0.3) is 11.0 Å². The highest BCUT2D eigenvalue weighted by Gasteiger charge is 2.21. The lowest BCUT2D eigenvalue weighted by Gasteiger charge is -2.17. The van der Waals surface area contributed by atoms with E-state index in [1.807, 2.05) is 33.7 Å². The number of carbonyl (C=O) groups excluding carboxylic acids is 2. The zero-order valence-corrected chi connectivity index (χ0v) is 14.9. The Balaban J connectivity index is 1.84. The average molecular weight is 346 g/mol. The van der Waals surface area contributed by atoms with Crippen LogP contribution in [-0.4, -0.2) is 64.1 Å². The molecule has 0 unspecified atom stereocenters. The van der Waals surface area contributed by atoms with Crippen LogP contribution in [0, 0.1) is 0 Å². The van der Waals surface area contributed by atoms with E-state index in [2.05, 4.69) is 4.98 Å². The van der Waals surface area contributed by atoms with Crippen molar-refractivity contribution in [3.05, 3.63) is 24.3 Å². The zero-order chi connectivity index (χ0) is 17.1. The van der Waals surface area contributed by atoms with Gasteiger partial charge < -0.3 is 14.4 Å². The van der Waals surface area contributed by atoms with Crippen LogP contribution in [0.4, 0.5) is 0 Å². The number of likely N-dealkylation sites (tertiary alicyclic amines) is 1. The third kappa shape index (κ3) is 3.56. The molecule has 1 aliphatic heterocycles. The molecule has 0 radical (unpaired) electrons. The fraction of sp³-hybridized carbons (Fsp3) is 0.471. The molecule has 0 bridgehead atoms. The highest BCUT2D eigenvalue weighted by Crippen LogP contribution is 2.24. The summed E-state index contributed by atoms with van der Waals surface area (Å²) >= 11 is 1.38. The number of imidazole rings is 1. The van der Waals surface area contributed by atoms with Crippen molar-refractivity contribution >= 4 is 34.6 Å². The van der Waals surface area contributed by atoms with Crippen molar-refractivity contribution < 1.29 is 9.59 Å². The molecule has 1 aromatic carbocycles. The molecule has 2 heterocycles. The van der Waals surface area contributed by atoms with Crippen LogP contribution in [0.1, 0.15) is 12.8 Å². The lowest BCUT2D eigenvalue weighted by Crippen LogP contribution is -2.31. The Labute approximate surface area is 145 Å². The van der Waals surface area contributed by atoms with E-state index in [-0.39, 0.29) is 18.4 Å². The van der Waals surface area contributed by atoms with Crippen molar-refractivity contribution in [2.24, 2.45) is 0 Å². The summed E-state index contributed by atoms with van der Waals surface area (Å²) in [4.78, 5) is 32.5. The van der Waals surface area contributed by atoms with E-state index in [9.17, 15) is 9.59 Å². The number of benzene rings is 1. The van der Waals surface area contributed by atoms with Gasteiger partial charge in [0.25, 0.3) is 0 Å². The molecule has 6 nitrogen and oxygen atoms in total. The summed E-state index contributed by atoms with van der Waals surface area (Å²) in [7, 11) is 3.48. The van der Waals surface area contributed by atoms with Gasteiger partial charge in [0.1, 0.15) is 6.54 Å². The lowest BCUT2D eigenvalue weighted by molar-refractivity contribution is -0.130. The van der Waals surface area contributed by atoms with E-state index in [0.29, 0.717) is 5.75 Å². The van der Waals surface area contributed by atoms with Gasteiger partial charge in [-0.15, -0.1) is 0 Å². The first kappa shape index (κ1) is 16.8. The van der Waals surface area contributed by atoms with Crippen molar-refractivity contribution in [2.45, 2.75) is 24.5 Å². The second kappa shape index (κ2) is 7.25. The lowest BCUT2D eigenvalue weighted by atomic mass is 10.3. The summed E-state index contributed by atoms with van der Waals surface area (Å²) in [5.74, 6) is 0.467. The Hall–Kier alpha value is -2.02. The number of para-hydroxylation sites is 2. The van der Waals surface area contributed by atoms with Crippen molar-refractivity contribution in [1.82, 2.24) is 19.4 Å². The second-order valence-corrected chi connectivity index (χ2v) is 7.08. The molecule has 2 amide bonds. The number of nitrogens with zero attached hydrogens (tertiary/aromatic N) is 4. The first-order valence-electron chi connectivity index (χ1n) is 8.12. The fourth-order valence-electron chi connectivity index (χ4n) is 2.77. The normalized spacial score (nSPS) is 14.3. The van der Waals surface area contributed by atoms with Gasteiger partial charge in [-0.1, -0.05) is 23.9 Å². The van der Waals surface area contributed by atoms with E-state index in [0.717, 1.165) is 42.1 Å². The predicted molar refractivity (Wildman–Crippen MR) is 95.0 cm³/mol. The Morgan fingerprint density at radius 1 is 1.21 bits per heavy atom. The van der Waals surface area contributed by atoms with Gasteiger partial charge in [-0.25, -0.2) is 4.98 Å². The summed E-state index contributed by atoms with van der Waals surface area (Å²) in [5, 5.41) is 0.721. The maximum Gasteiger partial charge on any atom is 0.242 e. The molecule has 24 heavy (non-hydrogen) atoms.